The number of aryl methyl sites for hydroxylation is 2. The second-order valence-corrected chi connectivity index (χ2v) is 5.82. The van der Waals surface area contributed by atoms with E-state index in [-0.39, 0.29) is 5.82 Å². The summed E-state index contributed by atoms with van der Waals surface area (Å²) >= 11 is 3.33. The van der Waals surface area contributed by atoms with Crippen LogP contribution in [-0.4, -0.2) is 14.8 Å². The van der Waals surface area contributed by atoms with E-state index < -0.39 is 0 Å². The number of fused-ring (bicyclic) bond motifs is 1. The smallest absolute Gasteiger partial charge is 0.171 e. The summed E-state index contributed by atoms with van der Waals surface area (Å²) in [7, 11) is 0. The zero-order chi connectivity index (χ0) is 14.1. The molecular formula is C14H15BrFN3O. The highest BCUT2D eigenvalue weighted by molar-refractivity contribution is 9.10. The number of rotatable bonds is 3. The average Bonchev–Trinajstić information content (AvgIpc) is 2.81. The normalized spacial score (nSPS) is 14.2. The SMILES string of the molecule is Cc1cc(F)cc(Br)c1OCc1nnc2n1CCCC2. The van der Waals surface area contributed by atoms with Gasteiger partial charge in [-0.2, -0.15) is 0 Å². The van der Waals surface area contributed by atoms with E-state index in [2.05, 4.69) is 30.7 Å². The molecule has 0 spiro atoms. The van der Waals surface area contributed by atoms with Crippen molar-refractivity contribution in [3.05, 3.63) is 39.6 Å². The molecule has 0 bridgehead atoms. The van der Waals surface area contributed by atoms with Gasteiger partial charge in [0, 0.05) is 13.0 Å². The number of nitrogens with zero attached hydrogens (tertiary/aromatic N) is 3. The Balaban J connectivity index is 1.79. The molecule has 106 valence electrons. The lowest BCUT2D eigenvalue weighted by Gasteiger charge is -2.16. The van der Waals surface area contributed by atoms with Crippen molar-refractivity contribution < 1.29 is 9.13 Å². The molecule has 0 amide bonds. The molecule has 4 nitrogen and oxygen atoms in total. The van der Waals surface area contributed by atoms with Gasteiger partial charge in [0.05, 0.1) is 4.47 Å². The fourth-order valence-corrected chi connectivity index (χ4v) is 3.13. The van der Waals surface area contributed by atoms with E-state index in [1.54, 1.807) is 0 Å². The minimum Gasteiger partial charge on any atom is -0.484 e. The van der Waals surface area contributed by atoms with Crippen molar-refractivity contribution >= 4 is 15.9 Å². The number of benzene rings is 1. The molecule has 0 fully saturated rings. The first kappa shape index (κ1) is 13.5. The molecule has 0 aliphatic carbocycles. The fraction of sp³-hybridized carbons (Fsp3) is 0.429. The summed E-state index contributed by atoms with van der Waals surface area (Å²) < 4.78 is 21.8. The number of halogens is 2. The van der Waals surface area contributed by atoms with Crippen molar-refractivity contribution in [2.24, 2.45) is 0 Å². The van der Waals surface area contributed by atoms with Crippen LogP contribution in [0.25, 0.3) is 0 Å². The maximum Gasteiger partial charge on any atom is 0.171 e. The van der Waals surface area contributed by atoms with E-state index in [1.807, 2.05) is 6.92 Å². The standard InChI is InChI=1S/C14H15BrFN3O/c1-9-6-10(16)7-11(15)14(9)20-8-13-18-17-12-4-2-3-5-19(12)13/h6-7H,2-5,8H2,1H3. The average molecular weight is 340 g/mol. The van der Waals surface area contributed by atoms with Crippen LogP contribution >= 0.6 is 15.9 Å². The zero-order valence-corrected chi connectivity index (χ0v) is 12.8. The number of hydrogen-bond donors (Lipinski definition) is 0. The highest BCUT2D eigenvalue weighted by Crippen LogP contribution is 2.30. The number of aromatic nitrogens is 3. The van der Waals surface area contributed by atoms with Gasteiger partial charge in [-0.1, -0.05) is 0 Å². The fourth-order valence-electron chi connectivity index (χ4n) is 2.48. The summed E-state index contributed by atoms with van der Waals surface area (Å²) in [5.74, 6) is 2.24. The lowest BCUT2D eigenvalue weighted by Crippen LogP contribution is -2.14. The van der Waals surface area contributed by atoms with E-state index in [4.69, 9.17) is 4.74 Å². The van der Waals surface area contributed by atoms with Crippen molar-refractivity contribution in [1.29, 1.82) is 0 Å². The highest BCUT2D eigenvalue weighted by Gasteiger charge is 2.17. The molecule has 0 unspecified atom stereocenters. The number of hydrogen-bond acceptors (Lipinski definition) is 3. The lowest BCUT2D eigenvalue weighted by atomic mass is 10.2. The molecule has 0 radical (unpaired) electrons. The van der Waals surface area contributed by atoms with Crippen LogP contribution in [0.5, 0.6) is 5.75 Å². The van der Waals surface area contributed by atoms with Gasteiger partial charge in [0.15, 0.2) is 5.82 Å². The molecule has 1 aromatic heterocycles. The van der Waals surface area contributed by atoms with Crippen molar-refractivity contribution in [2.45, 2.75) is 39.3 Å². The van der Waals surface area contributed by atoms with Crippen molar-refractivity contribution in [3.63, 3.8) is 0 Å². The molecule has 0 atom stereocenters. The van der Waals surface area contributed by atoms with Gasteiger partial charge in [-0.25, -0.2) is 4.39 Å². The van der Waals surface area contributed by atoms with E-state index >= 15 is 0 Å². The van der Waals surface area contributed by atoms with E-state index in [1.165, 1.54) is 18.6 Å². The molecule has 20 heavy (non-hydrogen) atoms. The summed E-state index contributed by atoms with van der Waals surface area (Å²) in [5, 5.41) is 8.38. The minimum atomic E-state index is -0.276. The zero-order valence-electron chi connectivity index (χ0n) is 11.2. The minimum absolute atomic E-state index is 0.276. The molecule has 2 heterocycles. The van der Waals surface area contributed by atoms with Crippen LogP contribution in [0.15, 0.2) is 16.6 Å². The Morgan fingerprint density at radius 3 is 3.00 bits per heavy atom. The summed E-state index contributed by atoms with van der Waals surface area (Å²) in [6, 6.07) is 2.86. The molecule has 3 rings (SSSR count). The quantitative estimate of drug-likeness (QED) is 0.860. The summed E-state index contributed by atoms with van der Waals surface area (Å²) in [6.07, 6.45) is 3.30. The van der Waals surface area contributed by atoms with Crippen LogP contribution in [0.4, 0.5) is 4.39 Å². The predicted molar refractivity (Wildman–Crippen MR) is 76.1 cm³/mol. The van der Waals surface area contributed by atoms with Crippen molar-refractivity contribution in [2.75, 3.05) is 0 Å². The van der Waals surface area contributed by atoms with Crippen molar-refractivity contribution in [3.8, 4) is 5.75 Å². The lowest BCUT2D eigenvalue weighted by molar-refractivity contribution is 0.282. The summed E-state index contributed by atoms with van der Waals surface area (Å²) in [4.78, 5) is 0. The molecule has 1 aliphatic rings. The molecule has 0 N–H and O–H groups in total. The van der Waals surface area contributed by atoms with Crippen LogP contribution in [-0.2, 0) is 19.6 Å². The van der Waals surface area contributed by atoms with Crippen LogP contribution in [0, 0.1) is 12.7 Å². The number of ether oxygens (including phenoxy) is 1. The molecule has 2 aromatic rings. The highest BCUT2D eigenvalue weighted by atomic mass is 79.9. The third kappa shape index (κ3) is 2.57. The first-order valence-corrected chi connectivity index (χ1v) is 7.44. The Kier molecular flexibility index (Phi) is 3.74. The predicted octanol–water partition coefficient (Wildman–Crippen LogP) is 3.40. The molecule has 6 heteroatoms. The summed E-state index contributed by atoms with van der Waals surface area (Å²) in [6.45, 7) is 3.12. The Labute approximate surface area is 125 Å². The van der Waals surface area contributed by atoms with Crippen LogP contribution in [0.1, 0.15) is 30.1 Å². The van der Waals surface area contributed by atoms with Gasteiger partial charge < -0.3 is 9.30 Å². The van der Waals surface area contributed by atoms with E-state index in [0.29, 0.717) is 16.8 Å². The Morgan fingerprint density at radius 2 is 2.20 bits per heavy atom. The van der Waals surface area contributed by atoms with Gasteiger partial charge in [-0.15, -0.1) is 10.2 Å². The van der Waals surface area contributed by atoms with Crippen molar-refractivity contribution in [1.82, 2.24) is 14.8 Å². The first-order chi connectivity index (χ1) is 9.65. The van der Waals surface area contributed by atoms with Gasteiger partial charge in [0.1, 0.15) is 24.0 Å². The second kappa shape index (κ2) is 5.52. The topological polar surface area (TPSA) is 39.9 Å². The molecule has 0 saturated carbocycles. The molecule has 1 aliphatic heterocycles. The maximum absolute atomic E-state index is 13.2. The van der Waals surface area contributed by atoms with Gasteiger partial charge in [0.25, 0.3) is 0 Å². The van der Waals surface area contributed by atoms with E-state index in [0.717, 1.165) is 36.6 Å². The Bertz CT molecular complexity index is 618. The second-order valence-electron chi connectivity index (χ2n) is 4.96. The van der Waals surface area contributed by atoms with Crippen LogP contribution in [0.2, 0.25) is 0 Å². The largest absolute Gasteiger partial charge is 0.484 e. The molecule has 0 saturated heterocycles. The third-order valence-electron chi connectivity index (χ3n) is 3.48. The first-order valence-electron chi connectivity index (χ1n) is 6.64. The van der Waals surface area contributed by atoms with Gasteiger partial charge in [-0.3, -0.25) is 0 Å². The Hall–Kier alpha value is -1.43. The maximum atomic E-state index is 13.2. The van der Waals surface area contributed by atoms with Gasteiger partial charge in [0.2, 0.25) is 0 Å². The van der Waals surface area contributed by atoms with Crippen LogP contribution < -0.4 is 4.74 Å². The van der Waals surface area contributed by atoms with E-state index in [9.17, 15) is 4.39 Å². The Morgan fingerprint density at radius 1 is 1.35 bits per heavy atom. The molecule has 1 aromatic carbocycles. The van der Waals surface area contributed by atoms with Gasteiger partial charge in [-0.05, 0) is 53.4 Å². The monoisotopic (exact) mass is 339 g/mol. The summed E-state index contributed by atoms with van der Waals surface area (Å²) in [5.41, 5.74) is 0.759. The molecular weight excluding hydrogens is 325 g/mol. The van der Waals surface area contributed by atoms with Gasteiger partial charge >= 0.3 is 0 Å². The third-order valence-corrected chi connectivity index (χ3v) is 4.06. The van der Waals surface area contributed by atoms with Crippen LogP contribution in [0.3, 0.4) is 0 Å².